The average molecular weight is 292 g/mol. The number of benzene rings is 2. The zero-order chi connectivity index (χ0) is 14.5. The van der Waals surface area contributed by atoms with Crippen LogP contribution in [0.15, 0.2) is 47.4 Å². The highest BCUT2D eigenvalue weighted by Gasteiger charge is 2.10. The highest BCUT2D eigenvalue weighted by atomic mass is 32.2. The molecule has 0 N–H and O–H groups in total. The Morgan fingerprint density at radius 3 is 2.45 bits per heavy atom. The van der Waals surface area contributed by atoms with Crippen LogP contribution < -0.4 is 0 Å². The van der Waals surface area contributed by atoms with E-state index in [0.29, 0.717) is 5.56 Å². The lowest BCUT2D eigenvalue weighted by atomic mass is 10.1. The van der Waals surface area contributed by atoms with Crippen LogP contribution in [0.5, 0.6) is 0 Å². The molecule has 0 unspecified atom stereocenters. The third-order valence-corrected chi connectivity index (χ3v) is 3.97. The summed E-state index contributed by atoms with van der Waals surface area (Å²) in [4.78, 5) is 12.1. The number of rotatable bonds is 5. The van der Waals surface area contributed by atoms with E-state index in [1.807, 2.05) is 19.1 Å². The molecule has 0 aliphatic heterocycles. The number of hydrogen-bond acceptors (Lipinski definition) is 2. The van der Waals surface area contributed by atoms with Crippen molar-refractivity contribution in [2.75, 3.05) is 5.75 Å². The van der Waals surface area contributed by atoms with E-state index in [0.717, 1.165) is 41.9 Å². The van der Waals surface area contributed by atoms with Gasteiger partial charge in [-0.05, 0) is 30.2 Å². The Morgan fingerprint density at radius 1 is 1.10 bits per heavy atom. The van der Waals surface area contributed by atoms with E-state index in [1.165, 1.54) is 0 Å². The Bertz CT molecular complexity index is 608. The minimum atomic E-state index is -0.509. The van der Waals surface area contributed by atoms with E-state index in [4.69, 9.17) is 0 Å². The van der Waals surface area contributed by atoms with Crippen LogP contribution in [0.4, 0.5) is 8.78 Å². The summed E-state index contributed by atoms with van der Waals surface area (Å²) in [5.41, 5.74) is 1.75. The lowest BCUT2D eigenvalue weighted by molar-refractivity contribution is 0.102. The number of carbonyl (C=O) groups is 1. The quantitative estimate of drug-likeness (QED) is 0.596. The van der Waals surface area contributed by atoms with E-state index in [-0.39, 0.29) is 16.4 Å². The highest BCUT2D eigenvalue weighted by molar-refractivity contribution is 8.00. The fourth-order valence-corrected chi connectivity index (χ4v) is 2.60. The molecule has 20 heavy (non-hydrogen) atoms. The monoisotopic (exact) mass is 292 g/mol. The number of thioether (sulfide) groups is 1. The summed E-state index contributed by atoms with van der Waals surface area (Å²) in [5.74, 6) is -1.02. The van der Waals surface area contributed by atoms with Gasteiger partial charge in [0.15, 0.2) is 5.78 Å². The van der Waals surface area contributed by atoms with Gasteiger partial charge in [-0.25, -0.2) is 8.78 Å². The predicted octanol–water partition coefficient (Wildman–Crippen LogP) is 4.50. The van der Waals surface area contributed by atoms with Crippen molar-refractivity contribution in [3.63, 3.8) is 0 Å². The number of ketones is 1. The summed E-state index contributed by atoms with van der Waals surface area (Å²) in [7, 11) is 0. The molecule has 4 heteroatoms. The van der Waals surface area contributed by atoms with Crippen molar-refractivity contribution >= 4 is 17.5 Å². The molecule has 0 fully saturated rings. The van der Waals surface area contributed by atoms with Gasteiger partial charge in [0.1, 0.15) is 11.6 Å². The molecule has 0 saturated heterocycles. The number of aryl methyl sites for hydroxylation is 1. The summed E-state index contributed by atoms with van der Waals surface area (Å²) in [6, 6.07) is 10.6. The maximum Gasteiger partial charge on any atom is 0.173 e. The Hall–Kier alpha value is -1.68. The Balaban J connectivity index is 2.02. The highest BCUT2D eigenvalue weighted by Crippen LogP contribution is 2.23. The van der Waals surface area contributed by atoms with Crippen molar-refractivity contribution in [3.05, 3.63) is 65.2 Å². The van der Waals surface area contributed by atoms with Crippen molar-refractivity contribution in [1.82, 2.24) is 0 Å². The fourth-order valence-electron chi connectivity index (χ4n) is 1.74. The molecule has 2 rings (SSSR count). The van der Waals surface area contributed by atoms with Gasteiger partial charge in [-0.2, -0.15) is 0 Å². The van der Waals surface area contributed by atoms with Gasteiger partial charge in [-0.15, -0.1) is 11.8 Å². The van der Waals surface area contributed by atoms with E-state index in [1.54, 1.807) is 12.1 Å². The molecule has 1 nitrogen and oxygen atoms in total. The van der Waals surface area contributed by atoms with Gasteiger partial charge in [0, 0.05) is 10.5 Å². The van der Waals surface area contributed by atoms with Gasteiger partial charge in [0.2, 0.25) is 0 Å². The lowest BCUT2D eigenvalue weighted by Crippen LogP contribution is -2.02. The van der Waals surface area contributed by atoms with Crippen LogP contribution in [0.25, 0.3) is 0 Å². The van der Waals surface area contributed by atoms with Crippen LogP contribution >= 0.6 is 11.8 Å². The van der Waals surface area contributed by atoms with Crippen LogP contribution in [0, 0.1) is 11.6 Å². The molecule has 0 amide bonds. The molecule has 0 radical (unpaired) electrons. The zero-order valence-corrected chi connectivity index (χ0v) is 11.8. The molecule has 0 heterocycles. The molecule has 2 aromatic rings. The summed E-state index contributed by atoms with van der Waals surface area (Å²) >= 11 is 1.01. The third-order valence-electron chi connectivity index (χ3n) is 2.94. The third kappa shape index (κ3) is 3.67. The number of hydrogen-bond donors (Lipinski definition) is 0. The SMILES string of the molecule is CCc1ccc(C(=O)CSc2cc(F)ccc2F)cc1. The van der Waals surface area contributed by atoms with E-state index >= 15 is 0 Å². The number of halogens is 2. The maximum atomic E-state index is 13.4. The summed E-state index contributed by atoms with van der Waals surface area (Å²) in [6.07, 6.45) is 0.914. The lowest BCUT2D eigenvalue weighted by Gasteiger charge is -2.04. The minimum absolute atomic E-state index is 0.0891. The van der Waals surface area contributed by atoms with Crippen LogP contribution in [-0.4, -0.2) is 11.5 Å². The maximum absolute atomic E-state index is 13.4. The van der Waals surface area contributed by atoms with Gasteiger partial charge >= 0.3 is 0 Å². The fraction of sp³-hybridized carbons (Fsp3) is 0.188. The molecule has 0 bridgehead atoms. The van der Waals surface area contributed by atoms with Crippen LogP contribution in [-0.2, 0) is 6.42 Å². The first-order valence-electron chi connectivity index (χ1n) is 6.30. The topological polar surface area (TPSA) is 17.1 Å². The second-order valence-electron chi connectivity index (χ2n) is 4.34. The standard InChI is InChI=1S/C16H14F2OS/c1-2-11-3-5-12(6-4-11)15(19)10-20-16-9-13(17)7-8-14(16)18/h3-9H,2,10H2,1H3. The van der Waals surface area contributed by atoms with Crippen molar-refractivity contribution in [1.29, 1.82) is 0 Å². The van der Waals surface area contributed by atoms with Crippen molar-refractivity contribution in [2.45, 2.75) is 18.2 Å². The average Bonchev–Trinajstić information content (AvgIpc) is 2.48. The van der Waals surface area contributed by atoms with Gasteiger partial charge < -0.3 is 0 Å². The molecule has 0 atom stereocenters. The van der Waals surface area contributed by atoms with Crippen molar-refractivity contribution < 1.29 is 13.6 Å². The Labute approximate surface area is 121 Å². The zero-order valence-electron chi connectivity index (χ0n) is 11.0. The van der Waals surface area contributed by atoms with E-state index in [9.17, 15) is 13.6 Å². The van der Waals surface area contributed by atoms with E-state index < -0.39 is 11.6 Å². The van der Waals surface area contributed by atoms with Gasteiger partial charge in [0.25, 0.3) is 0 Å². The molecule has 0 spiro atoms. The normalized spacial score (nSPS) is 10.6. The Morgan fingerprint density at radius 2 is 1.80 bits per heavy atom. The van der Waals surface area contributed by atoms with Crippen molar-refractivity contribution in [3.8, 4) is 0 Å². The molecule has 104 valence electrons. The molecular formula is C16H14F2OS. The first-order valence-corrected chi connectivity index (χ1v) is 7.28. The molecule has 0 aliphatic carbocycles. The first-order chi connectivity index (χ1) is 9.60. The second-order valence-corrected chi connectivity index (χ2v) is 5.35. The van der Waals surface area contributed by atoms with Crippen LogP contribution in [0.3, 0.4) is 0 Å². The van der Waals surface area contributed by atoms with Gasteiger partial charge in [-0.1, -0.05) is 31.2 Å². The van der Waals surface area contributed by atoms with E-state index in [2.05, 4.69) is 0 Å². The van der Waals surface area contributed by atoms with Crippen LogP contribution in [0.2, 0.25) is 0 Å². The summed E-state index contributed by atoms with van der Waals surface area (Å²) in [6.45, 7) is 2.04. The number of Topliss-reactive ketones (excluding diaryl/α,β-unsaturated/α-hetero) is 1. The van der Waals surface area contributed by atoms with Crippen molar-refractivity contribution in [2.24, 2.45) is 0 Å². The Kier molecular flexibility index (Phi) is 4.90. The molecule has 2 aromatic carbocycles. The van der Waals surface area contributed by atoms with Crippen LogP contribution in [0.1, 0.15) is 22.8 Å². The first kappa shape index (κ1) is 14.7. The second kappa shape index (κ2) is 6.66. The summed E-state index contributed by atoms with van der Waals surface area (Å²) < 4.78 is 26.4. The predicted molar refractivity (Wildman–Crippen MR) is 77.2 cm³/mol. The number of carbonyl (C=O) groups excluding carboxylic acids is 1. The van der Waals surface area contributed by atoms with Gasteiger partial charge in [0.05, 0.1) is 5.75 Å². The molecule has 0 aliphatic rings. The molecule has 0 saturated carbocycles. The smallest absolute Gasteiger partial charge is 0.173 e. The minimum Gasteiger partial charge on any atom is -0.293 e. The molecular weight excluding hydrogens is 278 g/mol. The molecule has 0 aromatic heterocycles. The van der Waals surface area contributed by atoms with Gasteiger partial charge in [-0.3, -0.25) is 4.79 Å². The summed E-state index contributed by atoms with van der Waals surface area (Å²) in [5, 5.41) is 0. The largest absolute Gasteiger partial charge is 0.293 e.